The molecule has 5 rings (SSSR count). The van der Waals surface area contributed by atoms with Crippen molar-refractivity contribution in [2.75, 3.05) is 25.1 Å². The number of aliphatic carboxylic acids is 1. The number of rotatable bonds is 6. The Bertz CT molecular complexity index is 1190. The largest absolute Gasteiger partial charge is 0.497 e. The summed E-state index contributed by atoms with van der Waals surface area (Å²) in [6.07, 6.45) is 4.27. The highest BCUT2D eigenvalue weighted by atomic mass is 16.5. The van der Waals surface area contributed by atoms with Crippen LogP contribution in [0.1, 0.15) is 48.3 Å². The summed E-state index contributed by atoms with van der Waals surface area (Å²) in [5.41, 5.74) is 4.16. The van der Waals surface area contributed by atoms with Crippen LogP contribution in [0.5, 0.6) is 5.75 Å². The number of benzene rings is 3. The number of hydrogen-bond donors (Lipinski definition) is 1. The molecule has 0 saturated carbocycles. The van der Waals surface area contributed by atoms with Gasteiger partial charge in [-0.2, -0.15) is 0 Å². The predicted octanol–water partition coefficient (Wildman–Crippen LogP) is 5.11. The summed E-state index contributed by atoms with van der Waals surface area (Å²) in [6, 6.07) is 24.7. The summed E-state index contributed by atoms with van der Waals surface area (Å²) in [5.74, 6) is -0.781. The molecule has 1 N–H and O–H groups in total. The fraction of sp³-hybridized carbons (Fsp3) is 0.355. The normalized spacial score (nSPS) is 19.7. The van der Waals surface area contributed by atoms with Crippen LogP contribution in [-0.4, -0.2) is 54.2 Å². The van der Waals surface area contributed by atoms with E-state index in [9.17, 15) is 14.7 Å². The number of likely N-dealkylation sites (tertiary alicyclic amines) is 1. The molecular weight excluding hydrogens is 464 g/mol. The van der Waals surface area contributed by atoms with Gasteiger partial charge < -0.3 is 19.6 Å². The zero-order chi connectivity index (χ0) is 25.8. The number of nitrogens with zero attached hydrogens (tertiary/aromatic N) is 2. The summed E-state index contributed by atoms with van der Waals surface area (Å²) in [7, 11) is 1.68. The fourth-order valence-corrected chi connectivity index (χ4v) is 5.93. The van der Waals surface area contributed by atoms with E-state index in [0.717, 1.165) is 49.1 Å². The van der Waals surface area contributed by atoms with Crippen molar-refractivity contribution < 1.29 is 19.4 Å². The van der Waals surface area contributed by atoms with Crippen LogP contribution < -0.4 is 9.64 Å². The van der Waals surface area contributed by atoms with Gasteiger partial charge >= 0.3 is 5.97 Å². The summed E-state index contributed by atoms with van der Waals surface area (Å²) in [6.45, 7) is 1.31. The second kappa shape index (κ2) is 11.1. The Balaban J connectivity index is 1.43. The van der Waals surface area contributed by atoms with Crippen molar-refractivity contribution in [3.63, 3.8) is 0 Å². The number of methoxy groups -OCH3 is 1. The SMILES string of the molecule is COc1ccc2c(c1)CCCCN2[C@@H]1CCN(C(=O)C(c2ccccc2)c2ccccc2)[C@H](C(=O)O)C1. The maximum absolute atomic E-state index is 14.1. The highest BCUT2D eigenvalue weighted by Crippen LogP contribution is 2.36. The van der Waals surface area contributed by atoms with Crippen LogP contribution in [0.15, 0.2) is 78.9 Å². The molecule has 0 unspecified atom stereocenters. The molecule has 0 spiro atoms. The molecule has 6 heteroatoms. The number of fused-ring (bicyclic) bond motifs is 1. The van der Waals surface area contributed by atoms with Gasteiger partial charge in [0, 0.05) is 24.8 Å². The first kappa shape index (κ1) is 24.9. The van der Waals surface area contributed by atoms with Crippen molar-refractivity contribution in [2.45, 2.75) is 50.1 Å². The van der Waals surface area contributed by atoms with Gasteiger partial charge in [0.15, 0.2) is 0 Å². The Kier molecular flexibility index (Phi) is 7.45. The topological polar surface area (TPSA) is 70.1 Å². The molecule has 0 aromatic heterocycles. The van der Waals surface area contributed by atoms with E-state index in [1.807, 2.05) is 66.7 Å². The Labute approximate surface area is 218 Å². The highest BCUT2D eigenvalue weighted by molar-refractivity contribution is 5.91. The minimum Gasteiger partial charge on any atom is -0.497 e. The maximum Gasteiger partial charge on any atom is 0.326 e. The third-order valence-corrected chi connectivity index (χ3v) is 7.79. The van der Waals surface area contributed by atoms with Gasteiger partial charge in [0.25, 0.3) is 0 Å². The number of carboxylic acid groups (broad SMARTS) is 1. The third-order valence-electron chi connectivity index (χ3n) is 7.79. The minimum absolute atomic E-state index is 0.0577. The van der Waals surface area contributed by atoms with Crippen molar-refractivity contribution in [3.05, 3.63) is 95.6 Å². The molecular formula is C31H34N2O4. The van der Waals surface area contributed by atoms with E-state index in [-0.39, 0.29) is 11.9 Å². The monoisotopic (exact) mass is 498 g/mol. The molecule has 1 fully saturated rings. The number of anilines is 1. The van der Waals surface area contributed by atoms with Crippen LogP contribution in [-0.2, 0) is 16.0 Å². The molecule has 6 nitrogen and oxygen atoms in total. The Hall–Kier alpha value is -3.80. The van der Waals surface area contributed by atoms with E-state index >= 15 is 0 Å². The summed E-state index contributed by atoms with van der Waals surface area (Å²) < 4.78 is 5.45. The molecule has 2 heterocycles. The van der Waals surface area contributed by atoms with Crippen molar-refractivity contribution >= 4 is 17.6 Å². The van der Waals surface area contributed by atoms with Gasteiger partial charge in [0.1, 0.15) is 11.8 Å². The first-order chi connectivity index (χ1) is 18.1. The van der Waals surface area contributed by atoms with Crippen LogP contribution >= 0.6 is 0 Å². The summed E-state index contributed by atoms with van der Waals surface area (Å²) in [5, 5.41) is 10.3. The number of ether oxygens (including phenoxy) is 1. The zero-order valence-electron chi connectivity index (χ0n) is 21.3. The second-order valence-electron chi connectivity index (χ2n) is 9.96. The molecule has 2 atom stereocenters. The zero-order valence-corrected chi connectivity index (χ0v) is 21.3. The van der Waals surface area contributed by atoms with E-state index in [1.165, 1.54) is 11.3 Å². The van der Waals surface area contributed by atoms with Crippen molar-refractivity contribution in [1.29, 1.82) is 0 Å². The van der Waals surface area contributed by atoms with Gasteiger partial charge in [0.05, 0.1) is 13.0 Å². The maximum atomic E-state index is 14.1. The molecule has 192 valence electrons. The molecule has 37 heavy (non-hydrogen) atoms. The number of carboxylic acids is 1. The van der Waals surface area contributed by atoms with Crippen LogP contribution in [0.3, 0.4) is 0 Å². The van der Waals surface area contributed by atoms with E-state index in [2.05, 4.69) is 17.0 Å². The van der Waals surface area contributed by atoms with E-state index in [0.29, 0.717) is 13.0 Å². The smallest absolute Gasteiger partial charge is 0.326 e. The summed E-state index contributed by atoms with van der Waals surface area (Å²) >= 11 is 0. The number of hydrogen-bond acceptors (Lipinski definition) is 4. The predicted molar refractivity (Wildman–Crippen MR) is 144 cm³/mol. The number of amides is 1. The lowest BCUT2D eigenvalue weighted by Crippen LogP contribution is -2.56. The standard InChI is InChI=1S/C31H34N2O4/c1-37-26-15-16-27-24(20-26)14-8-9-18-32(27)25-17-19-33(28(21-25)31(35)36)30(34)29(22-10-4-2-5-11-22)23-12-6-3-7-13-23/h2-7,10-13,15-16,20,25,28-29H,8-9,14,17-19,21H2,1H3,(H,35,36)/t25-,28+/m1/s1. The molecule has 2 aliphatic rings. The van der Waals surface area contributed by atoms with Gasteiger partial charge in [-0.1, -0.05) is 60.7 Å². The quantitative estimate of drug-likeness (QED) is 0.511. The third kappa shape index (κ3) is 5.19. The second-order valence-corrected chi connectivity index (χ2v) is 9.96. The average Bonchev–Trinajstić information content (AvgIpc) is 3.16. The van der Waals surface area contributed by atoms with Gasteiger partial charge in [-0.25, -0.2) is 4.79 Å². The lowest BCUT2D eigenvalue weighted by Gasteiger charge is -2.44. The Morgan fingerprint density at radius 3 is 2.22 bits per heavy atom. The highest BCUT2D eigenvalue weighted by Gasteiger charge is 2.41. The molecule has 0 bridgehead atoms. The number of carbonyl (C=O) groups is 2. The van der Waals surface area contributed by atoms with Crippen LogP contribution in [0.25, 0.3) is 0 Å². The van der Waals surface area contributed by atoms with Crippen molar-refractivity contribution in [1.82, 2.24) is 4.90 Å². The number of aryl methyl sites for hydroxylation is 1. The average molecular weight is 499 g/mol. The first-order valence-electron chi connectivity index (χ1n) is 13.1. The molecule has 3 aromatic carbocycles. The van der Waals surface area contributed by atoms with Crippen molar-refractivity contribution in [3.8, 4) is 5.75 Å². The lowest BCUT2D eigenvalue weighted by molar-refractivity contribution is -0.152. The van der Waals surface area contributed by atoms with Crippen LogP contribution in [0.4, 0.5) is 5.69 Å². The molecule has 1 saturated heterocycles. The van der Waals surface area contributed by atoms with E-state index in [1.54, 1.807) is 12.0 Å². The minimum atomic E-state index is -0.942. The molecule has 0 radical (unpaired) electrons. The van der Waals surface area contributed by atoms with E-state index in [4.69, 9.17) is 4.74 Å². The van der Waals surface area contributed by atoms with Gasteiger partial charge in [-0.05, 0) is 67.0 Å². The Morgan fingerprint density at radius 1 is 0.919 bits per heavy atom. The number of carbonyl (C=O) groups excluding carboxylic acids is 1. The lowest BCUT2D eigenvalue weighted by atomic mass is 9.87. The fourth-order valence-electron chi connectivity index (χ4n) is 5.93. The first-order valence-corrected chi connectivity index (χ1v) is 13.1. The van der Waals surface area contributed by atoms with Gasteiger partial charge in [-0.15, -0.1) is 0 Å². The van der Waals surface area contributed by atoms with Gasteiger partial charge in [-0.3, -0.25) is 4.79 Å². The van der Waals surface area contributed by atoms with E-state index < -0.39 is 17.9 Å². The Morgan fingerprint density at radius 2 is 1.59 bits per heavy atom. The van der Waals surface area contributed by atoms with Crippen molar-refractivity contribution in [2.24, 2.45) is 0 Å². The molecule has 3 aromatic rings. The molecule has 2 aliphatic heterocycles. The molecule has 0 aliphatic carbocycles. The van der Waals surface area contributed by atoms with Gasteiger partial charge in [0.2, 0.25) is 5.91 Å². The van der Waals surface area contributed by atoms with Crippen LogP contribution in [0, 0.1) is 0 Å². The number of piperidine rings is 1. The molecule has 1 amide bonds. The van der Waals surface area contributed by atoms with Crippen LogP contribution in [0.2, 0.25) is 0 Å². The summed E-state index contributed by atoms with van der Waals surface area (Å²) in [4.78, 5) is 30.6.